The van der Waals surface area contributed by atoms with E-state index in [4.69, 9.17) is 10.8 Å². The third-order valence-corrected chi connectivity index (χ3v) is 4.28. The van der Waals surface area contributed by atoms with Crippen LogP contribution in [0.2, 0.25) is 0 Å². The molecule has 8 nitrogen and oxygen atoms in total. The highest BCUT2D eigenvalue weighted by atomic mass is 16.4. The quantitative estimate of drug-likeness (QED) is 0.318. The van der Waals surface area contributed by atoms with Crippen molar-refractivity contribution in [3.8, 4) is 11.1 Å². The molecule has 8 heteroatoms. The standard InChI is InChI=1S/C21H26N4O4/c1-2-3-10-24-21(22)16-6-4-15(5-7-16)17-9-12-25(19(27)13-17)14-18(26)23-11-8-20(28)29/h4-7,9,12-13H,2-3,8,10-11,14H2,1H3,(H2,22,24)(H,23,26)(H,28,29). The molecule has 0 spiro atoms. The summed E-state index contributed by atoms with van der Waals surface area (Å²) in [6.07, 6.45) is 3.43. The van der Waals surface area contributed by atoms with Crippen LogP contribution in [0.25, 0.3) is 11.1 Å². The summed E-state index contributed by atoms with van der Waals surface area (Å²) in [5, 5.41) is 11.0. The van der Waals surface area contributed by atoms with Crippen LogP contribution in [-0.2, 0) is 16.1 Å². The first-order valence-corrected chi connectivity index (χ1v) is 9.50. The number of amidine groups is 1. The zero-order valence-corrected chi connectivity index (χ0v) is 16.4. The Morgan fingerprint density at radius 1 is 1.17 bits per heavy atom. The van der Waals surface area contributed by atoms with E-state index in [0.717, 1.165) is 29.5 Å². The molecule has 0 aliphatic heterocycles. The number of carbonyl (C=O) groups is 2. The van der Waals surface area contributed by atoms with Gasteiger partial charge in [-0.2, -0.15) is 0 Å². The molecule has 0 radical (unpaired) electrons. The van der Waals surface area contributed by atoms with Crippen molar-refractivity contribution >= 4 is 17.7 Å². The molecule has 0 atom stereocenters. The third-order valence-electron chi connectivity index (χ3n) is 4.28. The molecule has 0 fully saturated rings. The van der Waals surface area contributed by atoms with Crippen LogP contribution in [0.15, 0.2) is 52.4 Å². The number of rotatable bonds is 10. The number of hydrogen-bond donors (Lipinski definition) is 3. The normalized spacial score (nSPS) is 11.3. The summed E-state index contributed by atoms with van der Waals surface area (Å²) in [5.74, 6) is -0.913. The van der Waals surface area contributed by atoms with Gasteiger partial charge in [0.15, 0.2) is 0 Å². The van der Waals surface area contributed by atoms with Crippen molar-refractivity contribution in [1.29, 1.82) is 0 Å². The van der Waals surface area contributed by atoms with Gasteiger partial charge < -0.3 is 20.7 Å². The van der Waals surface area contributed by atoms with Gasteiger partial charge in [0.1, 0.15) is 12.4 Å². The van der Waals surface area contributed by atoms with Crippen LogP contribution >= 0.6 is 0 Å². The second-order valence-electron chi connectivity index (χ2n) is 6.57. The Balaban J connectivity index is 2.04. The number of carbonyl (C=O) groups excluding carboxylic acids is 1. The Morgan fingerprint density at radius 2 is 1.90 bits per heavy atom. The van der Waals surface area contributed by atoms with Gasteiger partial charge in [-0.05, 0) is 23.6 Å². The van der Waals surface area contributed by atoms with Crippen molar-refractivity contribution in [3.63, 3.8) is 0 Å². The van der Waals surface area contributed by atoms with Crippen LogP contribution in [0.5, 0.6) is 0 Å². The van der Waals surface area contributed by atoms with Crippen LogP contribution in [0.4, 0.5) is 0 Å². The number of aliphatic carboxylic acids is 1. The largest absolute Gasteiger partial charge is 0.481 e. The number of unbranched alkanes of at least 4 members (excludes halogenated alkanes) is 1. The Hall–Kier alpha value is -3.42. The molecule has 2 aromatic rings. The molecular weight excluding hydrogens is 372 g/mol. The number of carboxylic acid groups (broad SMARTS) is 1. The number of nitrogens with zero attached hydrogens (tertiary/aromatic N) is 2. The fourth-order valence-electron chi connectivity index (χ4n) is 2.62. The minimum atomic E-state index is -0.994. The average molecular weight is 398 g/mol. The van der Waals surface area contributed by atoms with E-state index in [9.17, 15) is 14.4 Å². The molecule has 2 rings (SSSR count). The first-order valence-electron chi connectivity index (χ1n) is 9.50. The molecule has 0 bridgehead atoms. The lowest BCUT2D eigenvalue weighted by Crippen LogP contribution is -2.33. The summed E-state index contributed by atoms with van der Waals surface area (Å²) in [7, 11) is 0. The summed E-state index contributed by atoms with van der Waals surface area (Å²) in [5.41, 5.74) is 8.08. The number of benzene rings is 1. The number of nitrogens with two attached hydrogens (primary N) is 1. The number of pyridine rings is 1. The molecule has 0 saturated heterocycles. The van der Waals surface area contributed by atoms with Crippen LogP contribution in [0.3, 0.4) is 0 Å². The second kappa shape index (κ2) is 10.8. The van der Waals surface area contributed by atoms with Crippen molar-refractivity contribution in [2.45, 2.75) is 32.7 Å². The van der Waals surface area contributed by atoms with Gasteiger partial charge >= 0.3 is 5.97 Å². The molecular formula is C21H26N4O4. The van der Waals surface area contributed by atoms with E-state index in [-0.39, 0.29) is 25.1 Å². The first-order chi connectivity index (χ1) is 13.9. The molecule has 0 aliphatic carbocycles. The zero-order chi connectivity index (χ0) is 21.2. The van der Waals surface area contributed by atoms with Crippen LogP contribution in [-0.4, -0.2) is 40.5 Å². The predicted octanol–water partition coefficient (Wildman–Crippen LogP) is 1.61. The Morgan fingerprint density at radius 3 is 2.52 bits per heavy atom. The highest BCUT2D eigenvalue weighted by molar-refractivity contribution is 5.97. The number of hydrogen-bond acceptors (Lipinski definition) is 4. The Kier molecular flexibility index (Phi) is 8.14. The lowest BCUT2D eigenvalue weighted by molar-refractivity contribution is -0.136. The lowest BCUT2D eigenvalue weighted by Gasteiger charge is -2.08. The first kappa shape index (κ1) is 21.9. The molecule has 154 valence electrons. The third kappa shape index (κ3) is 6.91. The molecule has 1 amide bonds. The highest BCUT2D eigenvalue weighted by Crippen LogP contribution is 2.18. The smallest absolute Gasteiger partial charge is 0.305 e. The van der Waals surface area contributed by atoms with E-state index in [1.54, 1.807) is 12.3 Å². The molecule has 0 saturated carbocycles. The summed E-state index contributed by atoms with van der Waals surface area (Å²) in [4.78, 5) is 38.9. The monoisotopic (exact) mass is 398 g/mol. The molecule has 29 heavy (non-hydrogen) atoms. The summed E-state index contributed by atoms with van der Waals surface area (Å²) >= 11 is 0. The number of amides is 1. The van der Waals surface area contributed by atoms with E-state index < -0.39 is 11.9 Å². The summed E-state index contributed by atoms with van der Waals surface area (Å²) < 4.78 is 1.27. The van der Waals surface area contributed by atoms with Gasteiger partial charge in [0.2, 0.25) is 5.91 Å². The maximum atomic E-state index is 12.3. The second-order valence-corrected chi connectivity index (χ2v) is 6.57. The van der Waals surface area contributed by atoms with Crippen molar-refractivity contribution in [3.05, 3.63) is 58.5 Å². The topological polar surface area (TPSA) is 127 Å². The molecule has 1 aromatic carbocycles. The van der Waals surface area contributed by atoms with Gasteiger partial charge in [0.25, 0.3) is 5.56 Å². The molecule has 1 aromatic heterocycles. The fraction of sp³-hybridized carbons (Fsp3) is 0.333. The Labute approximate surface area is 169 Å². The van der Waals surface area contributed by atoms with Gasteiger partial charge in [-0.15, -0.1) is 0 Å². The predicted molar refractivity (Wildman–Crippen MR) is 112 cm³/mol. The fourth-order valence-corrected chi connectivity index (χ4v) is 2.62. The van der Waals surface area contributed by atoms with Crippen molar-refractivity contribution in [1.82, 2.24) is 9.88 Å². The minimum absolute atomic E-state index is 0.0260. The van der Waals surface area contributed by atoms with Gasteiger partial charge in [0.05, 0.1) is 6.42 Å². The number of nitrogens with one attached hydrogen (secondary N) is 1. The molecule has 0 aliphatic rings. The van der Waals surface area contributed by atoms with E-state index >= 15 is 0 Å². The highest BCUT2D eigenvalue weighted by Gasteiger charge is 2.07. The minimum Gasteiger partial charge on any atom is -0.481 e. The lowest BCUT2D eigenvalue weighted by atomic mass is 10.0. The van der Waals surface area contributed by atoms with E-state index in [1.165, 1.54) is 10.6 Å². The van der Waals surface area contributed by atoms with Gasteiger partial charge in [-0.25, -0.2) is 0 Å². The van der Waals surface area contributed by atoms with Crippen LogP contribution in [0, 0.1) is 0 Å². The molecule has 0 unspecified atom stereocenters. The summed E-state index contributed by atoms with van der Waals surface area (Å²) in [6.45, 7) is 2.66. The SMILES string of the molecule is CCCCN=C(N)c1ccc(-c2ccn(CC(=O)NCCC(=O)O)c(=O)c2)cc1. The Bertz CT molecular complexity index is 932. The maximum absolute atomic E-state index is 12.3. The number of aromatic nitrogens is 1. The summed E-state index contributed by atoms with van der Waals surface area (Å²) in [6, 6.07) is 10.7. The number of carboxylic acids is 1. The maximum Gasteiger partial charge on any atom is 0.305 e. The van der Waals surface area contributed by atoms with Gasteiger partial charge in [-0.1, -0.05) is 37.6 Å². The number of aliphatic imine (C=N–C) groups is 1. The average Bonchev–Trinajstić information content (AvgIpc) is 2.69. The van der Waals surface area contributed by atoms with Crippen LogP contribution in [0.1, 0.15) is 31.7 Å². The van der Waals surface area contributed by atoms with Crippen molar-refractivity contribution in [2.24, 2.45) is 10.7 Å². The van der Waals surface area contributed by atoms with Gasteiger partial charge in [0, 0.05) is 30.9 Å². The molecule has 4 N–H and O–H groups in total. The molecule has 1 heterocycles. The van der Waals surface area contributed by atoms with Crippen molar-refractivity contribution in [2.75, 3.05) is 13.1 Å². The van der Waals surface area contributed by atoms with E-state index in [2.05, 4.69) is 17.2 Å². The van der Waals surface area contributed by atoms with Crippen LogP contribution < -0.4 is 16.6 Å². The van der Waals surface area contributed by atoms with Crippen molar-refractivity contribution < 1.29 is 14.7 Å². The zero-order valence-electron chi connectivity index (χ0n) is 16.4. The van der Waals surface area contributed by atoms with E-state index in [1.807, 2.05) is 24.3 Å². The van der Waals surface area contributed by atoms with Gasteiger partial charge in [-0.3, -0.25) is 19.4 Å². The van der Waals surface area contributed by atoms with E-state index in [0.29, 0.717) is 12.4 Å².